The second-order valence-electron chi connectivity index (χ2n) is 4.12. The van der Waals surface area contributed by atoms with Crippen molar-refractivity contribution in [2.75, 3.05) is 6.54 Å². The van der Waals surface area contributed by atoms with Crippen LogP contribution in [0.1, 0.15) is 30.1 Å². The zero-order valence-electron chi connectivity index (χ0n) is 10.3. The standard InChI is InChI=1S/C12H17N5O/c1-2-9(3-4-13)16-12(18)10-7-15-17-6-5-14-8-11(10)17/h5-9H,2-4,13H2,1H3,(H,16,18). The highest BCUT2D eigenvalue weighted by Gasteiger charge is 2.15. The monoisotopic (exact) mass is 247 g/mol. The third kappa shape index (κ3) is 2.48. The maximum Gasteiger partial charge on any atom is 0.255 e. The lowest BCUT2D eigenvalue weighted by atomic mass is 10.1. The van der Waals surface area contributed by atoms with E-state index in [0.717, 1.165) is 12.8 Å². The molecule has 96 valence electrons. The summed E-state index contributed by atoms with van der Waals surface area (Å²) in [5, 5.41) is 7.07. The number of carbonyl (C=O) groups excluding carboxylic acids is 1. The van der Waals surface area contributed by atoms with Crippen molar-refractivity contribution < 1.29 is 4.79 Å². The van der Waals surface area contributed by atoms with Crippen molar-refractivity contribution in [1.29, 1.82) is 0 Å². The Labute approximate surface area is 105 Å². The first-order chi connectivity index (χ1) is 8.76. The van der Waals surface area contributed by atoms with Crippen LogP contribution in [0, 0.1) is 0 Å². The number of amides is 1. The number of carbonyl (C=O) groups is 1. The van der Waals surface area contributed by atoms with Crippen molar-refractivity contribution in [2.45, 2.75) is 25.8 Å². The summed E-state index contributed by atoms with van der Waals surface area (Å²) in [6.07, 6.45) is 8.17. The van der Waals surface area contributed by atoms with Gasteiger partial charge in [-0.05, 0) is 19.4 Å². The van der Waals surface area contributed by atoms with Crippen molar-refractivity contribution in [3.8, 4) is 0 Å². The molecule has 3 N–H and O–H groups in total. The summed E-state index contributed by atoms with van der Waals surface area (Å²) in [6, 6.07) is 0.106. The van der Waals surface area contributed by atoms with Gasteiger partial charge in [0.15, 0.2) is 0 Å². The van der Waals surface area contributed by atoms with Gasteiger partial charge in [0.25, 0.3) is 5.91 Å². The normalized spacial score (nSPS) is 12.6. The molecule has 0 bridgehead atoms. The fourth-order valence-electron chi connectivity index (χ4n) is 1.85. The van der Waals surface area contributed by atoms with E-state index in [2.05, 4.69) is 15.4 Å². The second kappa shape index (κ2) is 5.59. The van der Waals surface area contributed by atoms with Gasteiger partial charge in [0.2, 0.25) is 0 Å². The van der Waals surface area contributed by atoms with Gasteiger partial charge in [-0.15, -0.1) is 0 Å². The molecule has 2 aromatic rings. The second-order valence-corrected chi connectivity index (χ2v) is 4.12. The van der Waals surface area contributed by atoms with Gasteiger partial charge in [-0.1, -0.05) is 6.92 Å². The minimum absolute atomic E-state index is 0.106. The molecule has 0 aromatic carbocycles. The Kier molecular flexibility index (Phi) is 3.88. The Morgan fingerprint density at radius 2 is 2.39 bits per heavy atom. The highest BCUT2D eigenvalue weighted by molar-refractivity contribution is 6.00. The molecule has 0 spiro atoms. The summed E-state index contributed by atoms with van der Waals surface area (Å²) in [4.78, 5) is 16.1. The number of nitrogens with two attached hydrogens (primary N) is 1. The first-order valence-corrected chi connectivity index (χ1v) is 6.04. The van der Waals surface area contributed by atoms with E-state index in [4.69, 9.17) is 5.73 Å². The molecule has 6 nitrogen and oxygen atoms in total. The Morgan fingerprint density at radius 3 is 3.11 bits per heavy atom. The molecule has 1 unspecified atom stereocenters. The van der Waals surface area contributed by atoms with Crippen LogP contribution in [0.2, 0.25) is 0 Å². The van der Waals surface area contributed by atoms with E-state index >= 15 is 0 Å². The molecule has 0 aliphatic carbocycles. The molecule has 0 radical (unpaired) electrons. The molecule has 1 amide bonds. The third-order valence-electron chi connectivity index (χ3n) is 2.91. The predicted octanol–water partition coefficient (Wildman–Crippen LogP) is 0.587. The molecular formula is C12H17N5O. The minimum Gasteiger partial charge on any atom is -0.349 e. The van der Waals surface area contributed by atoms with Crippen molar-refractivity contribution in [2.24, 2.45) is 5.73 Å². The van der Waals surface area contributed by atoms with Crippen molar-refractivity contribution >= 4 is 11.4 Å². The predicted molar refractivity (Wildman–Crippen MR) is 68.2 cm³/mol. The maximum atomic E-state index is 12.1. The van der Waals surface area contributed by atoms with Crippen LogP contribution in [0.3, 0.4) is 0 Å². The maximum absolute atomic E-state index is 12.1. The quantitative estimate of drug-likeness (QED) is 0.809. The Balaban J connectivity index is 2.18. The highest BCUT2D eigenvalue weighted by atomic mass is 16.1. The van der Waals surface area contributed by atoms with Crippen molar-refractivity contribution in [1.82, 2.24) is 19.9 Å². The van der Waals surface area contributed by atoms with Crippen molar-refractivity contribution in [3.05, 3.63) is 30.4 Å². The molecule has 0 saturated heterocycles. The van der Waals surface area contributed by atoms with E-state index in [1.807, 2.05) is 6.92 Å². The lowest BCUT2D eigenvalue weighted by Crippen LogP contribution is -2.35. The molecule has 0 aliphatic rings. The van der Waals surface area contributed by atoms with Crippen LogP contribution in [0.4, 0.5) is 0 Å². The number of fused-ring (bicyclic) bond motifs is 1. The van der Waals surface area contributed by atoms with Crippen molar-refractivity contribution in [3.63, 3.8) is 0 Å². The van der Waals surface area contributed by atoms with Crippen LogP contribution in [0.15, 0.2) is 24.8 Å². The Morgan fingerprint density at radius 1 is 1.56 bits per heavy atom. The van der Waals surface area contributed by atoms with Gasteiger partial charge < -0.3 is 11.1 Å². The third-order valence-corrected chi connectivity index (χ3v) is 2.91. The summed E-state index contributed by atoms with van der Waals surface area (Å²) in [5.41, 5.74) is 6.76. The molecule has 6 heteroatoms. The van der Waals surface area contributed by atoms with E-state index < -0.39 is 0 Å². The van der Waals surface area contributed by atoms with Gasteiger partial charge in [-0.3, -0.25) is 9.78 Å². The largest absolute Gasteiger partial charge is 0.349 e. The number of nitrogens with zero attached hydrogens (tertiary/aromatic N) is 3. The van der Waals surface area contributed by atoms with Crippen LogP contribution in [0.25, 0.3) is 5.52 Å². The van der Waals surface area contributed by atoms with Gasteiger partial charge >= 0.3 is 0 Å². The molecule has 2 aromatic heterocycles. The van der Waals surface area contributed by atoms with E-state index in [1.54, 1.807) is 29.3 Å². The fourth-order valence-corrected chi connectivity index (χ4v) is 1.85. The molecule has 0 fully saturated rings. The first kappa shape index (κ1) is 12.5. The number of nitrogens with one attached hydrogen (secondary N) is 1. The zero-order valence-corrected chi connectivity index (χ0v) is 10.3. The van der Waals surface area contributed by atoms with E-state index in [9.17, 15) is 4.79 Å². The summed E-state index contributed by atoms with van der Waals surface area (Å²) < 4.78 is 1.63. The average Bonchev–Trinajstić information content (AvgIpc) is 2.82. The number of hydrogen-bond acceptors (Lipinski definition) is 4. The van der Waals surface area contributed by atoms with Crippen LogP contribution < -0.4 is 11.1 Å². The number of aromatic nitrogens is 3. The van der Waals surface area contributed by atoms with Gasteiger partial charge in [0.05, 0.1) is 23.5 Å². The molecular weight excluding hydrogens is 230 g/mol. The highest BCUT2D eigenvalue weighted by Crippen LogP contribution is 2.09. The Hall–Kier alpha value is -1.95. The van der Waals surface area contributed by atoms with Gasteiger partial charge in [-0.2, -0.15) is 5.10 Å². The fraction of sp³-hybridized carbons (Fsp3) is 0.417. The summed E-state index contributed by atoms with van der Waals surface area (Å²) in [6.45, 7) is 2.59. The van der Waals surface area contributed by atoms with E-state index in [-0.39, 0.29) is 11.9 Å². The average molecular weight is 247 g/mol. The molecule has 1 atom stereocenters. The number of hydrogen-bond donors (Lipinski definition) is 2. The topological polar surface area (TPSA) is 85.3 Å². The lowest BCUT2D eigenvalue weighted by Gasteiger charge is -2.15. The Bertz CT molecular complexity index is 536. The number of rotatable bonds is 5. The molecule has 2 heterocycles. The van der Waals surface area contributed by atoms with Crippen LogP contribution >= 0.6 is 0 Å². The first-order valence-electron chi connectivity index (χ1n) is 6.04. The summed E-state index contributed by atoms with van der Waals surface area (Å²) >= 11 is 0. The van der Waals surface area contributed by atoms with Gasteiger partial charge in [0.1, 0.15) is 0 Å². The molecule has 0 saturated carbocycles. The molecule has 2 rings (SSSR count). The SMILES string of the molecule is CCC(CCN)NC(=O)c1cnn2ccncc12. The zero-order chi connectivity index (χ0) is 13.0. The van der Waals surface area contributed by atoms with Gasteiger partial charge in [0, 0.05) is 18.4 Å². The minimum atomic E-state index is -0.127. The summed E-state index contributed by atoms with van der Waals surface area (Å²) in [7, 11) is 0. The summed E-state index contributed by atoms with van der Waals surface area (Å²) in [5.74, 6) is -0.127. The smallest absolute Gasteiger partial charge is 0.255 e. The van der Waals surface area contributed by atoms with E-state index in [1.165, 1.54) is 0 Å². The van der Waals surface area contributed by atoms with Crippen LogP contribution in [-0.4, -0.2) is 33.1 Å². The van der Waals surface area contributed by atoms with E-state index in [0.29, 0.717) is 17.6 Å². The van der Waals surface area contributed by atoms with Gasteiger partial charge in [-0.25, -0.2) is 4.52 Å². The molecule has 18 heavy (non-hydrogen) atoms. The lowest BCUT2D eigenvalue weighted by molar-refractivity contribution is 0.0936. The van der Waals surface area contributed by atoms with Crippen LogP contribution in [-0.2, 0) is 0 Å². The van der Waals surface area contributed by atoms with Crippen LogP contribution in [0.5, 0.6) is 0 Å². The molecule has 0 aliphatic heterocycles.